The molecule has 2 aliphatic rings. The minimum absolute atomic E-state index is 0.199. The molecule has 4 unspecified atom stereocenters. The highest BCUT2D eigenvalue weighted by Gasteiger charge is 2.43. The van der Waals surface area contributed by atoms with Gasteiger partial charge in [-0.15, -0.1) is 0 Å². The average Bonchev–Trinajstić information content (AvgIpc) is 2.94. The minimum Gasteiger partial charge on any atom is -0.426 e. The maximum atomic E-state index is 14.1. The number of carbonyl (C=O) groups is 1. The Morgan fingerprint density at radius 3 is 1.38 bits per heavy atom. The fraction of sp³-hybridized carbons (Fsp3) is 0.941. The van der Waals surface area contributed by atoms with Gasteiger partial charge in [0.25, 0.3) is 0 Å². The molecular formula is C17H30F2N2O3. The Kier molecular flexibility index (Phi) is 5.45. The summed E-state index contributed by atoms with van der Waals surface area (Å²) in [5.74, 6) is 0. The zero-order valence-electron chi connectivity index (χ0n) is 15.5. The van der Waals surface area contributed by atoms with Crippen molar-refractivity contribution in [2.75, 3.05) is 26.2 Å². The van der Waals surface area contributed by atoms with Crippen LogP contribution in [-0.4, -0.2) is 77.8 Å². The van der Waals surface area contributed by atoms with Gasteiger partial charge in [-0.25, -0.2) is 13.6 Å². The molecular weight excluding hydrogens is 318 g/mol. The van der Waals surface area contributed by atoms with Crippen molar-refractivity contribution in [1.82, 2.24) is 9.80 Å². The molecule has 0 spiro atoms. The first-order chi connectivity index (χ1) is 10.9. The van der Waals surface area contributed by atoms with Crippen LogP contribution in [0.4, 0.5) is 13.6 Å². The molecule has 0 amide bonds. The molecule has 7 heteroatoms. The SMILES string of the molecule is CC(C)(C)N1CC(F)C(OC(=O)OC2CN(C(C)(C)C)CC2F)C1. The van der Waals surface area contributed by atoms with Crippen LogP contribution in [0.15, 0.2) is 0 Å². The molecule has 2 fully saturated rings. The lowest BCUT2D eigenvalue weighted by Crippen LogP contribution is -2.41. The van der Waals surface area contributed by atoms with Crippen LogP contribution >= 0.6 is 0 Å². The number of ether oxygens (including phenoxy) is 2. The second kappa shape index (κ2) is 6.75. The van der Waals surface area contributed by atoms with Crippen LogP contribution < -0.4 is 0 Å². The van der Waals surface area contributed by atoms with E-state index in [4.69, 9.17) is 9.47 Å². The fourth-order valence-electron chi connectivity index (χ4n) is 3.06. The lowest BCUT2D eigenvalue weighted by atomic mass is 10.1. The third kappa shape index (κ3) is 4.57. The maximum Gasteiger partial charge on any atom is 0.509 e. The van der Waals surface area contributed by atoms with Crippen molar-refractivity contribution in [2.45, 2.75) is 77.2 Å². The van der Waals surface area contributed by atoms with Crippen LogP contribution in [0.25, 0.3) is 0 Å². The quantitative estimate of drug-likeness (QED) is 0.718. The molecule has 0 aromatic carbocycles. The molecule has 2 heterocycles. The van der Waals surface area contributed by atoms with Gasteiger partial charge in [0.05, 0.1) is 0 Å². The molecule has 4 atom stereocenters. The van der Waals surface area contributed by atoms with Crippen LogP contribution in [0.1, 0.15) is 41.5 Å². The van der Waals surface area contributed by atoms with Gasteiger partial charge in [-0.3, -0.25) is 9.80 Å². The second-order valence-corrected chi connectivity index (χ2v) is 8.75. The van der Waals surface area contributed by atoms with Gasteiger partial charge in [-0.05, 0) is 41.5 Å². The number of alkyl halides is 2. The van der Waals surface area contributed by atoms with Crippen LogP contribution in [0, 0.1) is 0 Å². The van der Waals surface area contributed by atoms with Crippen molar-refractivity contribution in [3.8, 4) is 0 Å². The summed E-state index contributed by atoms with van der Waals surface area (Å²) in [5, 5.41) is 0. The standard InChI is InChI=1S/C17H30F2N2O3/c1-16(2,3)20-7-11(18)13(9-20)23-15(22)24-14-10-21(8-12(14)19)17(4,5)6/h11-14H,7-10H2,1-6H3. The van der Waals surface area contributed by atoms with E-state index in [-0.39, 0.29) is 24.2 Å². The smallest absolute Gasteiger partial charge is 0.426 e. The summed E-state index contributed by atoms with van der Waals surface area (Å²) < 4.78 is 38.4. The van der Waals surface area contributed by atoms with Gasteiger partial charge in [0, 0.05) is 37.3 Å². The molecule has 0 aromatic heterocycles. The highest BCUT2D eigenvalue weighted by Crippen LogP contribution is 2.27. The van der Waals surface area contributed by atoms with E-state index in [1.54, 1.807) is 0 Å². The highest BCUT2D eigenvalue weighted by atomic mass is 19.1. The first-order valence-corrected chi connectivity index (χ1v) is 8.53. The fourth-order valence-corrected chi connectivity index (χ4v) is 3.06. The summed E-state index contributed by atoms with van der Waals surface area (Å²) in [4.78, 5) is 15.8. The van der Waals surface area contributed by atoms with Crippen molar-refractivity contribution in [3.63, 3.8) is 0 Å². The number of hydrogen-bond acceptors (Lipinski definition) is 5. The van der Waals surface area contributed by atoms with E-state index in [2.05, 4.69) is 0 Å². The Balaban J connectivity index is 1.86. The number of likely N-dealkylation sites (tertiary alicyclic amines) is 2. The Bertz CT molecular complexity index is 422. The summed E-state index contributed by atoms with van der Waals surface area (Å²) in [6.45, 7) is 12.9. The van der Waals surface area contributed by atoms with Gasteiger partial charge in [-0.2, -0.15) is 0 Å². The molecule has 2 saturated heterocycles. The van der Waals surface area contributed by atoms with Crippen molar-refractivity contribution >= 4 is 6.16 Å². The average molecular weight is 348 g/mol. The van der Waals surface area contributed by atoms with Crippen molar-refractivity contribution in [1.29, 1.82) is 0 Å². The molecule has 0 saturated carbocycles. The maximum absolute atomic E-state index is 14.1. The van der Waals surface area contributed by atoms with E-state index in [1.165, 1.54) is 0 Å². The van der Waals surface area contributed by atoms with E-state index >= 15 is 0 Å². The highest BCUT2D eigenvalue weighted by molar-refractivity contribution is 5.60. The number of hydrogen-bond donors (Lipinski definition) is 0. The number of nitrogens with zero attached hydrogens (tertiary/aromatic N) is 2. The Morgan fingerprint density at radius 1 is 0.792 bits per heavy atom. The van der Waals surface area contributed by atoms with Crippen LogP contribution in [0.3, 0.4) is 0 Å². The zero-order chi connectivity index (χ0) is 18.3. The van der Waals surface area contributed by atoms with E-state index in [0.29, 0.717) is 13.1 Å². The summed E-state index contributed by atoms with van der Waals surface area (Å²) in [5.41, 5.74) is -0.399. The van der Waals surface area contributed by atoms with Gasteiger partial charge in [0.2, 0.25) is 0 Å². The largest absolute Gasteiger partial charge is 0.509 e. The van der Waals surface area contributed by atoms with Gasteiger partial charge in [0.15, 0.2) is 24.6 Å². The first kappa shape index (κ1) is 19.4. The molecule has 2 rings (SSSR count). The molecule has 0 aromatic rings. The minimum atomic E-state index is -1.26. The van der Waals surface area contributed by atoms with Crippen LogP contribution in [0.2, 0.25) is 0 Å². The van der Waals surface area contributed by atoms with Crippen molar-refractivity contribution < 1.29 is 23.0 Å². The third-order valence-corrected chi connectivity index (χ3v) is 4.79. The number of carbonyl (C=O) groups excluding carboxylic acids is 1. The van der Waals surface area contributed by atoms with Crippen molar-refractivity contribution in [3.05, 3.63) is 0 Å². The number of rotatable bonds is 2. The monoisotopic (exact) mass is 348 g/mol. The van der Waals surface area contributed by atoms with Gasteiger partial charge < -0.3 is 9.47 Å². The van der Waals surface area contributed by atoms with Gasteiger partial charge in [-0.1, -0.05) is 0 Å². The van der Waals surface area contributed by atoms with Crippen LogP contribution in [-0.2, 0) is 9.47 Å². The first-order valence-electron chi connectivity index (χ1n) is 8.53. The van der Waals surface area contributed by atoms with Crippen molar-refractivity contribution in [2.24, 2.45) is 0 Å². The summed E-state index contributed by atoms with van der Waals surface area (Å²) >= 11 is 0. The summed E-state index contributed by atoms with van der Waals surface area (Å²) in [6, 6.07) is 0. The van der Waals surface area contributed by atoms with Crippen LogP contribution in [0.5, 0.6) is 0 Å². The molecule has 0 radical (unpaired) electrons. The molecule has 24 heavy (non-hydrogen) atoms. The Morgan fingerprint density at radius 2 is 1.12 bits per heavy atom. The lowest BCUT2D eigenvalue weighted by Gasteiger charge is -2.31. The number of halogens is 2. The molecule has 0 aliphatic carbocycles. The predicted octanol–water partition coefficient (Wildman–Crippen LogP) is 2.78. The third-order valence-electron chi connectivity index (χ3n) is 4.79. The molecule has 140 valence electrons. The van der Waals surface area contributed by atoms with E-state index in [1.807, 2.05) is 51.3 Å². The molecule has 0 bridgehead atoms. The van der Waals surface area contributed by atoms with E-state index in [9.17, 15) is 13.6 Å². The Hall–Kier alpha value is -0.950. The van der Waals surface area contributed by atoms with E-state index in [0.717, 1.165) is 0 Å². The molecule has 2 aliphatic heterocycles. The summed E-state index contributed by atoms with van der Waals surface area (Å²) in [7, 11) is 0. The Labute approximate surface area is 143 Å². The predicted molar refractivity (Wildman–Crippen MR) is 87.6 cm³/mol. The van der Waals surface area contributed by atoms with Gasteiger partial charge >= 0.3 is 6.16 Å². The normalized spacial score (nSPS) is 33.0. The zero-order valence-corrected chi connectivity index (χ0v) is 15.5. The lowest BCUT2D eigenvalue weighted by molar-refractivity contribution is -0.0245. The second-order valence-electron chi connectivity index (χ2n) is 8.75. The van der Waals surface area contributed by atoms with E-state index < -0.39 is 30.7 Å². The topological polar surface area (TPSA) is 42.0 Å². The molecule has 0 N–H and O–H groups in total. The molecule has 5 nitrogen and oxygen atoms in total. The summed E-state index contributed by atoms with van der Waals surface area (Å²) in [6.07, 6.45) is -5.23. The van der Waals surface area contributed by atoms with Gasteiger partial charge in [0.1, 0.15) is 0 Å².